The first-order valence-electron chi connectivity index (χ1n) is 5.09. The highest BCUT2D eigenvalue weighted by Gasteiger charge is 2.05. The summed E-state index contributed by atoms with van der Waals surface area (Å²) in [5.41, 5.74) is 9.95. The Kier molecular flexibility index (Phi) is 2.23. The summed E-state index contributed by atoms with van der Waals surface area (Å²) in [6.45, 7) is 0.577. The van der Waals surface area contributed by atoms with Gasteiger partial charge >= 0.3 is 0 Å². The second-order valence-corrected chi connectivity index (χ2v) is 4.36. The Balaban J connectivity index is 2.16. The first-order valence-corrected chi connectivity index (χ1v) is 5.93. The molecular formula is C12H11N3S. The third-order valence-electron chi connectivity index (χ3n) is 2.63. The van der Waals surface area contributed by atoms with E-state index in [9.17, 15) is 0 Å². The maximum Gasteiger partial charge on any atom is 0.100 e. The number of aromatic nitrogens is 2. The van der Waals surface area contributed by atoms with E-state index in [1.807, 2.05) is 17.5 Å². The van der Waals surface area contributed by atoms with E-state index in [2.05, 4.69) is 27.6 Å². The molecule has 4 heteroatoms. The maximum absolute atomic E-state index is 5.62. The van der Waals surface area contributed by atoms with Gasteiger partial charge in [-0.25, -0.2) is 0 Å². The van der Waals surface area contributed by atoms with Crippen molar-refractivity contribution in [2.45, 2.75) is 6.54 Å². The van der Waals surface area contributed by atoms with Crippen LogP contribution in [0.4, 0.5) is 0 Å². The fourth-order valence-electron chi connectivity index (χ4n) is 1.80. The third kappa shape index (κ3) is 1.52. The zero-order chi connectivity index (χ0) is 11.0. The van der Waals surface area contributed by atoms with Crippen molar-refractivity contribution in [3.05, 3.63) is 41.3 Å². The summed E-state index contributed by atoms with van der Waals surface area (Å²) < 4.78 is 4.31. The summed E-state index contributed by atoms with van der Waals surface area (Å²) in [5.74, 6) is 0. The second-order valence-electron chi connectivity index (χ2n) is 3.69. The van der Waals surface area contributed by atoms with Crippen LogP contribution in [-0.4, -0.2) is 9.36 Å². The standard InChI is InChI=1S/C12H11N3S/c13-7-8-1-2-10-9(5-8)6-12(14-10)11-3-4-16-15-11/h1-6,14H,7,13H2. The van der Waals surface area contributed by atoms with Crippen molar-refractivity contribution in [1.29, 1.82) is 0 Å². The molecular weight excluding hydrogens is 218 g/mol. The molecule has 0 amide bonds. The predicted octanol–water partition coefficient (Wildman–Crippen LogP) is 2.75. The molecule has 0 radical (unpaired) electrons. The van der Waals surface area contributed by atoms with Crippen LogP contribution in [0.2, 0.25) is 0 Å². The van der Waals surface area contributed by atoms with Crippen LogP contribution >= 0.6 is 11.5 Å². The SMILES string of the molecule is NCc1ccc2[nH]c(-c3ccsn3)cc2c1. The number of hydrogen-bond donors (Lipinski definition) is 2. The van der Waals surface area contributed by atoms with Gasteiger partial charge in [0.1, 0.15) is 5.69 Å². The van der Waals surface area contributed by atoms with Crippen molar-refractivity contribution in [3.63, 3.8) is 0 Å². The average molecular weight is 229 g/mol. The van der Waals surface area contributed by atoms with Crippen LogP contribution in [0.3, 0.4) is 0 Å². The first-order chi connectivity index (χ1) is 7.86. The summed E-state index contributed by atoms with van der Waals surface area (Å²) in [6, 6.07) is 10.3. The quantitative estimate of drug-likeness (QED) is 0.710. The number of benzene rings is 1. The lowest BCUT2D eigenvalue weighted by Crippen LogP contribution is -1.94. The van der Waals surface area contributed by atoms with Crippen molar-refractivity contribution in [3.8, 4) is 11.4 Å². The fourth-order valence-corrected chi connectivity index (χ4v) is 2.32. The zero-order valence-electron chi connectivity index (χ0n) is 8.60. The molecule has 0 spiro atoms. The highest BCUT2D eigenvalue weighted by atomic mass is 32.1. The third-order valence-corrected chi connectivity index (χ3v) is 3.19. The van der Waals surface area contributed by atoms with E-state index in [0.717, 1.165) is 22.5 Å². The first kappa shape index (κ1) is 9.57. The predicted molar refractivity (Wildman–Crippen MR) is 67.3 cm³/mol. The monoisotopic (exact) mass is 229 g/mol. The van der Waals surface area contributed by atoms with Crippen LogP contribution in [-0.2, 0) is 6.54 Å². The minimum absolute atomic E-state index is 0.577. The highest BCUT2D eigenvalue weighted by molar-refractivity contribution is 7.03. The summed E-state index contributed by atoms with van der Waals surface area (Å²) in [6.07, 6.45) is 0. The van der Waals surface area contributed by atoms with Gasteiger partial charge in [0.2, 0.25) is 0 Å². The van der Waals surface area contributed by atoms with E-state index in [1.54, 1.807) is 0 Å². The number of nitrogens with one attached hydrogen (secondary N) is 1. The van der Waals surface area contributed by atoms with E-state index < -0.39 is 0 Å². The molecule has 3 N–H and O–H groups in total. The fraction of sp³-hybridized carbons (Fsp3) is 0.0833. The van der Waals surface area contributed by atoms with Gasteiger partial charge in [-0.1, -0.05) is 6.07 Å². The van der Waals surface area contributed by atoms with Gasteiger partial charge in [-0.3, -0.25) is 0 Å². The summed E-state index contributed by atoms with van der Waals surface area (Å²) in [7, 11) is 0. The van der Waals surface area contributed by atoms with E-state index in [-0.39, 0.29) is 0 Å². The Morgan fingerprint density at radius 2 is 2.19 bits per heavy atom. The lowest BCUT2D eigenvalue weighted by Gasteiger charge is -1.94. The Morgan fingerprint density at radius 1 is 1.25 bits per heavy atom. The smallest absolute Gasteiger partial charge is 0.100 e. The van der Waals surface area contributed by atoms with E-state index in [4.69, 9.17) is 5.73 Å². The molecule has 2 aromatic heterocycles. The van der Waals surface area contributed by atoms with Crippen molar-refractivity contribution in [1.82, 2.24) is 9.36 Å². The maximum atomic E-state index is 5.62. The lowest BCUT2D eigenvalue weighted by molar-refractivity contribution is 1.08. The number of aromatic amines is 1. The van der Waals surface area contributed by atoms with E-state index in [1.165, 1.54) is 16.9 Å². The summed E-state index contributed by atoms with van der Waals surface area (Å²) in [4.78, 5) is 3.35. The molecule has 2 heterocycles. The molecule has 0 aliphatic carbocycles. The molecule has 16 heavy (non-hydrogen) atoms. The topological polar surface area (TPSA) is 54.7 Å². The molecule has 3 rings (SSSR count). The molecule has 0 aliphatic heterocycles. The van der Waals surface area contributed by atoms with E-state index in [0.29, 0.717) is 6.54 Å². The van der Waals surface area contributed by atoms with Crippen LogP contribution in [0.15, 0.2) is 35.7 Å². The van der Waals surface area contributed by atoms with Gasteiger partial charge in [0, 0.05) is 22.8 Å². The minimum atomic E-state index is 0.577. The molecule has 0 fully saturated rings. The van der Waals surface area contributed by atoms with Crippen LogP contribution in [0.5, 0.6) is 0 Å². The molecule has 0 atom stereocenters. The number of nitrogens with two attached hydrogens (primary N) is 1. The van der Waals surface area contributed by atoms with Crippen molar-refractivity contribution < 1.29 is 0 Å². The number of nitrogens with zero attached hydrogens (tertiary/aromatic N) is 1. The van der Waals surface area contributed by atoms with Gasteiger partial charge < -0.3 is 10.7 Å². The van der Waals surface area contributed by atoms with Crippen LogP contribution in [0, 0.1) is 0 Å². The lowest BCUT2D eigenvalue weighted by atomic mass is 10.1. The molecule has 0 saturated heterocycles. The van der Waals surface area contributed by atoms with Gasteiger partial charge in [0.05, 0.1) is 5.69 Å². The number of H-pyrrole nitrogens is 1. The minimum Gasteiger partial charge on any atom is -0.353 e. The molecule has 0 aliphatic rings. The van der Waals surface area contributed by atoms with Gasteiger partial charge in [0.25, 0.3) is 0 Å². The number of rotatable bonds is 2. The zero-order valence-corrected chi connectivity index (χ0v) is 9.42. The summed E-state index contributed by atoms with van der Waals surface area (Å²) in [5, 5.41) is 3.16. The average Bonchev–Trinajstić information content (AvgIpc) is 2.96. The van der Waals surface area contributed by atoms with E-state index >= 15 is 0 Å². The number of hydrogen-bond acceptors (Lipinski definition) is 3. The largest absolute Gasteiger partial charge is 0.353 e. The molecule has 3 nitrogen and oxygen atoms in total. The van der Waals surface area contributed by atoms with Crippen molar-refractivity contribution in [2.75, 3.05) is 0 Å². The second kappa shape index (κ2) is 3.73. The molecule has 0 saturated carbocycles. The Hall–Kier alpha value is -1.65. The van der Waals surface area contributed by atoms with Gasteiger partial charge in [-0.2, -0.15) is 4.37 Å². The van der Waals surface area contributed by atoms with Crippen molar-refractivity contribution >= 4 is 22.4 Å². The Labute approximate surface area is 97.1 Å². The highest BCUT2D eigenvalue weighted by Crippen LogP contribution is 2.24. The normalized spacial score (nSPS) is 11.1. The molecule has 0 bridgehead atoms. The molecule has 1 aromatic carbocycles. The van der Waals surface area contributed by atoms with Gasteiger partial charge in [-0.05, 0) is 41.4 Å². The molecule has 80 valence electrons. The number of fused-ring (bicyclic) bond motifs is 1. The Morgan fingerprint density at radius 3 is 2.94 bits per heavy atom. The van der Waals surface area contributed by atoms with Crippen LogP contribution in [0.1, 0.15) is 5.56 Å². The van der Waals surface area contributed by atoms with Crippen LogP contribution in [0.25, 0.3) is 22.3 Å². The van der Waals surface area contributed by atoms with Gasteiger partial charge in [-0.15, -0.1) is 0 Å². The van der Waals surface area contributed by atoms with Crippen LogP contribution < -0.4 is 5.73 Å². The summed E-state index contributed by atoms with van der Waals surface area (Å²) >= 11 is 1.46. The molecule has 3 aromatic rings. The molecule has 0 unspecified atom stereocenters. The van der Waals surface area contributed by atoms with Gasteiger partial charge in [0.15, 0.2) is 0 Å². The van der Waals surface area contributed by atoms with Crippen molar-refractivity contribution in [2.24, 2.45) is 5.73 Å². The Bertz CT molecular complexity index is 610.